The highest BCUT2D eigenvalue weighted by Gasteiger charge is 2.45. The standard InChI is InChI=1S/C13H18N2O3/c1-8-4-10(18-14-8)5-15-6-11(9-2-3-9)12(7-15)13(16)17/h4,9,11-12H,2-3,5-7H2,1H3,(H,16,17)/t11-,12+/m0/s1. The van der Waals surface area contributed by atoms with Gasteiger partial charge in [-0.25, -0.2) is 0 Å². The Kier molecular flexibility index (Phi) is 2.86. The predicted molar refractivity (Wildman–Crippen MR) is 63.9 cm³/mol. The van der Waals surface area contributed by atoms with Gasteiger partial charge in [0.25, 0.3) is 0 Å². The van der Waals surface area contributed by atoms with Crippen LogP contribution in [0.5, 0.6) is 0 Å². The molecule has 5 nitrogen and oxygen atoms in total. The van der Waals surface area contributed by atoms with E-state index in [1.54, 1.807) is 0 Å². The third-order valence-electron chi connectivity index (χ3n) is 4.04. The summed E-state index contributed by atoms with van der Waals surface area (Å²) < 4.78 is 5.19. The monoisotopic (exact) mass is 250 g/mol. The number of nitrogens with zero attached hydrogens (tertiary/aromatic N) is 2. The summed E-state index contributed by atoms with van der Waals surface area (Å²) in [5.74, 6) is 0.928. The molecular weight excluding hydrogens is 232 g/mol. The molecule has 1 saturated heterocycles. The van der Waals surface area contributed by atoms with Crippen LogP contribution in [0.4, 0.5) is 0 Å². The first-order chi connectivity index (χ1) is 8.63. The fraction of sp³-hybridized carbons (Fsp3) is 0.692. The van der Waals surface area contributed by atoms with Crippen LogP contribution in [0.1, 0.15) is 24.3 Å². The molecule has 1 aromatic rings. The normalized spacial score (nSPS) is 28.7. The van der Waals surface area contributed by atoms with Crippen LogP contribution in [0, 0.1) is 24.7 Å². The molecule has 2 aliphatic rings. The first-order valence-corrected chi connectivity index (χ1v) is 6.51. The predicted octanol–water partition coefficient (Wildman–Crippen LogP) is 1.53. The van der Waals surface area contributed by atoms with E-state index in [-0.39, 0.29) is 5.92 Å². The molecule has 5 heteroatoms. The third kappa shape index (κ3) is 2.27. The van der Waals surface area contributed by atoms with Crippen LogP contribution in [-0.4, -0.2) is 34.2 Å². The average Bonchev–Trinajstić information content (AvgIpc) is 2.95. The fourth-order valence-corrected chi connectivity index (χ4v) is 3.02. The maximum atomic E-state index is 11.3. The number of hydrogen-bond acceptors (Lipinski definition) is 4. The minimum atomic E-state index is -0.650. The molecule has 0 amide bonds. The molecule has 0 unspecified atom stereocenters. The van der Waals surface area contributed by atoms with E-state index in [1.807, 2.05) is 13.0 Å². The Bertz CT molecular complexity index is 453. The number of hydrogen-bond donors (Lipinski definition) is 1. The van der Waals surface area contributed by atoms with Crippen molar-refractivity contribution >= 4 is 5.97 Å². The van der Waals surface area contributed by atoms with Crippen LogP contribution < -0.4 is 0 Å². The summed E-state index contributed by atoms with van der Waals surface area (Å²) in [5, 5.41) is 13.1. The average molecular weight is 250 g/mol. The Morgan fingerprint density at radius 1 is 1.56 bits per heavy atom. The van der Waals surface area contributed by atoms with Crippen molar-refractivity contribution in [2.75, 3.05) is 13.1 Å². The summed E-state index contributed by atoms with van der Waals surface area (Å²) in [6.07, 6.45) is 2.40. The largest absolute Gasteiger partial charge is 0.481 e. The summed E-state index contributed by atoms with van der Waals surface area (Å²) in [6, 6.07) is 1.92. The van der Waals surface area contributed by atoms with Gasteiger partial charge < -0.3 is 9.63 Å². The van der Waals surface area contributed by atoms with Gasteiger partial charge in [0, 0.05) is 19.2 Å². The van der Waals surface area contributed by atoms with Crippen LogP contribution in [0.25, 0.3) is 0 Å². The quantitative estimate of drug-likeness (QED) is 0.877. The number of likely N-dealkylation sites (tertiary alicyclic amines) is 1. The van der Waals surface area contributed by atoms with Crippen molar-refractivity contribution in [3.8, 4) is 0 Å². The minimum absolute atomic E-state index is 0.207. The molecule has 1 aliphatic heterocycles. The lowest BCUT2D eigenvalue weighted by atomic mass is 9.92. The van der Waals surface area contributed by atoms with Crippen molar-refractivity contribution in [3.05, 3.63) is 17.5 Å². The fourth-order valence-electron chi connectivity index (χ4n) is 3.02. The molecule has 0 radical (unpaired) electrons. The van der Waals surface area contributed by atoms with Crippen LogP contribution in [0.15, 0.2) is 10.6 Å². The molecule has 1 saturated carbocycles. The number of aromatic nitrogens is 1. The second-order valence-electron chi connectivity index (χ2n) is 5.57. The van der Waals surface area contributed by atoms with Gasteiger partial charge in [-0.05, 0) is 31.6 Å². The molecule has 0 spiro atoms. The van der Waals surface area contributed by atoms with Crippen LogP contribution in [0.2, 0.25) is 0 Å². The van der Waals surface area contributed by atoms with E-state index in [4.69, 9.17) is 4.52 Å². The zero-order valence-electron chi connectivity index (χ0n) is 10.5. The molecule has 2 fully saturated rings. The van der Waals surface area contributed by atoms with Crippen LogP contribution in [0.3, 0.4) is 0 Å². The first kappa shape index (κ1) is 11.7. The smallest absolute Gasteiger partial charge is 0.308 e. The van der Waals surface area contributed by atoms with Crippen molar-refractivity contribution in [2.45, 2.75) is 26.3 Å². The van der Waals surface area contributed by atoms with Crippen molar-refractivity contribution in [2.24, 2.45) is 17.8 Å². The molecule has 98 valence electrons. The van der Waals surface area contributed by atoms with Gasteiger partial charge in [-0.2, -0.15) is 0 Å². The lowest BCUT2D eigenvalue weighted by molar-refractivity contribution is -0.142. The van der Waals surface area contributed by atoms with Gasteiger partial charge in [-0.15, -0.1) is 0 Å². The van der Waals surface area contributed by atoms with Gasteiger partial charge in [0.05, 0.1) is 18.2 Å². The maximum Gasteiger partial charge on any atom is 0.308 e. The summed E-state index contributed by atoms with van der Waals surface area (Å²) in [6.45, 7) is 4.08. The van der Waals surface area contributed by atoms with E-state index < -0.39 is 5.97 Å². The van der Waals surface area contributed by atoms with Gasteiger partial charge in [0.1, 0.15) is 0 Å². The van der Waals surface area contributed by atoms with Gasteiger partial charge in [0.15, 0.2) is 5.76 Å². The number of aliphatic carboxylic acids is 1. The number of carbonyl (C=O) groups is 1. The van der Waals surface area contributed by atoms with E-state index in [0.29, 0.717) is 24.9 Å². The van der Waals surface area contributed by atoms with Gasteiger partial charge >= 0.3 is 5.97 Å². The highest BCUT2D eigenvalue weighted by molar-refractivity contribution is 5.71. The second kappa shape index (κ2) is 4.39. The SMILES string of the molecule is Cc1cc(CN2C[C@@H](C(=O)O)[C@H](C3CC3)C2)on1. The lowest BCUT2D eigenvalue weighted by Gasteiger charge is -2.13. The number of rotatable bonds is 4. The zero-order valence-corrected chi connectivity index (χ0v) is 10.5. The lowest BCUT2D eigenvalue weighted by Crippen LogP contribution is -2.24. The number of carboxylic acids is 1. The zero-order chi connectivity index (χ0) is 12.7. The molecule has 2 atom stereocenters. The summed E-state index contributed by atoms with van der Waals surface area (Å²) in [7, 11) is 0. The molecule has 3 rings (SSSR count). The summed E-state index contributed by atoms with van der Waals surface area (Å²) in [5.41, 5.74) is 0.873. The Balaban J connectivity index is 1.66. The molecular formula is C13H18N2O3. The van der Waals surface area contributed by atoms with E-state index >= 15 is 0 Å². The van der Waals surface area contributed by atoms with E-state index in [0.717, 1.165) is 18.0 Å². The van der Waals surface area contributed by atoms with Crippen molar-refractivity contribution in [1.29, 1.82) is 0 Å². The molecule has 2 heterocycles. The Morgan fingerprint density at radius 2 is 2.33 bits per heavy atom. The molecule has 1 aromatic heterocycles. The maximum absolute atomic E-state index is 11.3. The van der Waals surface area contributed by atoms with Crippen molar-refractivity contribution < 1.29 is 14.4 Å². The molecule has 18 heavy (non-hydrogen) atoms. The minimum Gasteiger partial charge on any atom is -0.481 e. The Morgan fingerprint density at radius 3 is 2.89 bits per heavy atom. The van der Waals surface area contributed by atoms with E-state index in [9.17, 15) is 9.90 Å². The van der Waals surface area contributed by atoms with Gasteiger partial charge in [-0.3, -0.25) is 9.69 Å². The Hall–Kier alpha value is -1.36. The van der Waals surface area contributed by atoms with Crippen molar-refractivity contribution in [1.82, 2.24) is 10.1 Å². The molecule has 1 N–H and O–H groups in total. The van der Waals surface area contributed by atoms with Gasteiger partial charge in [0.2, 0.25) is 0 Å². The molecule has 0 aromatic carbocycles. The Labute approximate surface area is 106 Å². The number of aryl methyl sites for hydroxylation is 1. The summed E-state index contributed by atoms with van der Waals surface area (Å²) in [4.78, 5) is 13.5. The van der Waals surface area contributed by atoms with Crippen LogP contribution in [-0.2, 0) is 11.3 Å². The topological polar surface area (TPSA) is 66.6 Å². The number of carboxylic acid groups (broad SMARTS) is 1. The first-order valence-electron chi connectivity index (χ1n) is 6.51. The highest BCUT2D eigenvalue weighted by Crippen LogP contribution is 2.44. The van der Waals surface area contributed by atoms with Gasteiger partial charge in [-0.1, -0.05) is 5.16 Å². The molecule has 1 aliphatic carbocycles. The highest BCUT2D eigenvalue weighted by atomic mass is 16.5. The van der Waals surface area contributed by atoms with E-state index in [1.165, 1.54) is 12.8 Å². The molecule has 0 bridgehead atoms. The van der Waals surface area contributed by atoms with E-state index in [2.05, 4.69) is 10.1 Å². The third-order valence-corrected chi connectivity index (χ3v) is 4.04. The summed E-state index contributed by atoms with van der Waals surface area (Å²) >= 11 is 0. The van der Waals surface area contributed by atoms with Crippen molar-refractivity contribution in [3.63, 3.8) is 0 Å². The van der Waals surface area contributed by atoms with Crippen LogP contribution >= 0.6 is 0 Å². The second-order valence-corrected chi connectivity index (χ2v) is 5.57.